The topological polar surface area (TPSA) is 34.1 Å². The number of carbonyl (C=O) groups is 2. The summed E-state index contributed by atoms with van der Waals surface area (Å²) in [7, 11) is 0. The molecule has 0 aromatic heterocycles. The molecule has 0 fully saturated rings. The summed E-state index contributed by atoms with van der Waals surface area (Å²) in [6.45, 7) is 6.25. The average molecular weight is 214 g/mol. The molecule has 0 aliphatic heterocycles. The first-order valence-electron chi connectivity index (χ1n) is 5.31. The number of rotatable bonds is 0. The van der Waals surface area contributed by atoms with E-state index in [1.807, 2.05) is 18.2 Å². The fourth-order valence-electron chi connectivity index (χ4n) is 1.74. The van der Waals surface area contributed by atoms with Crippen molar-refractivity contribution in [2.45, 2.75) is 26.2 Å². The van der Waals surface area contributed by atoms with Gasteiger partial charge in [0.1, 0.15) is 0 Å². The molecule has 0 saturated carbocycles. The Morgan fingerprint density at radius 2 is 1.69 bits per heavy atom. The second-order valence-corrected chi connectivity index (χ2v) is 5.08. The molecule has 0 spiro atoms. The summed E-state index contributed by atoms with van der Waals surface area (Å²) < 4.78 is 0. The first kappa shape index (κ1) is 10.8. The Morgan fingerprint density at radius 1 is 1.00 bits per heavy atom. The van der Waals surface area contributed by atoms with Gasteiger partial charge in [0, 0.05) is 5.56 Å². The van der Waals surface area contributed by atoms with Crippen LogP contribution >= 0.6 is 0 Å². The van der Waals surface area contributed by atoms with Crippen molar-refractivity contribution in [2.24, 2.45) is 0 Å². The third-order valence-electron chi connectivity index (χ3n) is 2.80. The van der Waals surface area contributed by atoms with Gasteiger partial charge in [0.2, 0.25) is 11.6 Å². The minimum absolute atomic E-state index is 0.0144. The third kappa shape index (κ3) is 1.71. The molecule has 0 amide bonds. The maximum absolute atomic E-state index is 11.7. The normalized spacial score (nSPS) is 15.2. The smallest absolute Gasteiger partial charge is 0.233 e. The Labute approximate surface area is 95.0 Å². The van der Waals surface area contributed by atoms with Crippen LogP contribution in [0.5, 0.6) is 0 Å². The molecular weight excluding hydrogens is 200 g/mol. The Morgan fingerprint density at radius 3 is 2.31 bits per heavy atom. The maximum Gasteiger partial charge on any atom is 0.233 e. The Bertz CT molecular complexity index is 502. The summed E-state index contributed by atoms with van der Waals surface area (Å²) in [6, 6.07) is 5.74. The van der Waals surface area contributed by atoms with Crippen LogP contribution < -0.4 is 0 Å². The van der Waals surface area contributed by atoms with E-state index in [0.29, 0.717) is 5.56 Å². The van der Waals surface area contributed by atoms with Gasteiger partial charge in [0.25, 0.3) is 0 Å². The van der Waals surface area contributed by atoms with Gasteiger partial charge in [-0.25, -0.2) is 0 Å². The highest BCUT2D eigenvalue weighted by Crippen LogP contribution is 2.26. The highest BCUT2D eigenvalue weighted by Gasteiger charge is 2.23. The number of carbonyl (C=O) groups excluding carboxylic acids is 2. The van der Waals surface area contributed by atoms with Crippen LogP contribution in [0.1, 0.15) is 42.3 Å². The van der Waals surface area contributed by atoms with Crippen LogP contribution in [0.25, 0.3) is 6.08 Å². The molecule has 82 valence electrons. The van der Waals surface area contributed by atoms with E-state index in [0.717, 1.165) is 11.1 Å². The van der Waals surface area contributed by atoms with Gasteiger partial charge in [-0.2, -0.15) is 0 Å². The van der Waals surface area contributed by atoms with Crippen molar-refractivity contribution in [1.29, 1.82) is 0 Å². The maximum atomic E-state index is 11.7. The molecule has 2 heteroatoms. The number of fused-ring (bicyclic) bond motifs is 1. The number of benzene rings is 1. The lowest BCUT2D eigenvalue weighted by atomic mass is 9.83. The van der Waals surface area contributed by atoms with E-state index in [2.05, 4.69) is 20.8 Å². The fourth-order valence-corrected chi connectivity index (χ4v) is 1.74. The molecule has 0 heterocycles. The molecule has 2 nitrogen and oxygen atoms in total. The van der Waals surface area contributed by atoms with Crippen LogP contribution in [0.15, 0.2) is 24.3 Å². The molecule has 1 aromatic rings. The minimum atomic E-state index is -0.432. The van der Waals surface area contributed by atoms with E-state index < -0.39 is 11.6 Å². The lowest BCUT2D eigenvalue weighted by molar-refractivity contribution is -0.110. The van der Waals surface area contributed by atoms with Gasteiger partial charge in [-0.3, -0.25) is 9.59 Å². The van der Waals surface area contributed by atoms with Crippen LogP contribution in [0, 0.1) is 0 Å². The second-order valence-electron chi connectivity index (χ2n) is 5.08. The summed E-state index contributed by atoms with van der Waals surface area (Å²) >= 11 is 0. The van der Waals surface area contributed by atoms with Crippen LogP contribution in [0.4, 0.5) is 0 Å². The summed E-state index contributed by atoms with van der Waals surface area (Å²) in [5.41, 5.74) is 2.42. The van der Waals surface area contributed by atoms with Crippen LogP contribution in [0.2, 0.25) is 0 Å². The predicted molar refractivity (Wildman–Crippen MR) is 63.5 cm³/mol. The van der Waals surface area contributed by atoms with Crippen molar-refractivity contribution in [2.75, 3.05) is 0 Å². The summed E-state index contributed by atoms with van der Waals surface area (Å²) in [6.07, 6.45) is 3.03. The van der Waals surface area contributed by atoms with Gasteiger partial charge in [-0.15, -0.1) is 0 Å². The van der Waals surface area contributed by atoms with E-state index in [1.165, 1.54) is 6.08 Å². The number of Topliss-reactive ketones (excluding diaryl/α,β-unsaturated/α-hetero) is 1. The minimum Gasteiger partial charge on any atom is -0.286 e. The van der Waals surface area contributed by atoms with E-state index in [1.54, 1.807) is 6.08 Å². The Balaban J connectivity index is 2.59. The molecule has 0 N–H and O–H groups in total. The van der Waals surface area contributed by atoms with Crippen molar-refractivity contribution < 1.29 is 9.59 Å². The van der Waals surface area contributed by atoms with E-state index in [4.69, 9.17) is 0 Å². The molecule has 2 rings (SSSR count). The monoisotopic (exact) mass is 214 g/mol. The summed E-state index contributed by atoms with van der Waals surface area (Å²) in [5.74, 6) is -0.831. The largest absolute Gasteiger partial charge is 0.286 e. The first-order chi connectivity index (χ1) is 7.39. The van der Waals surface area contributed by atoms with Crippen molar-refractivity contribution in [1.82, 2.24) is 0 Å². The van der Waals surface area contributed by atoms with Crippen molar-refractivity contribution >= 4 is 17.6 Å². The molecular formula is C14H14O2. The molecule has 1 aliphatic rings. The predicted octanol–water partition coefficient (Wildman–Crippen LogP) is 2.76. The molecule has 0 saturated heterocycles. The third-order valence-corrected chi connectivity index (χ3v) is 2.80. The lowest BCUT2D eigenvalue weighted by Gasteiger charge is -2.21. The van der Waals surface area contributed by atoms with Crippen LogP contribution in [-0.4, -0.2) is 11.6 Å². The molecule has 1 aromatic carbocycles. The molecule has 1 aliphatic carbocycles. The zero-order valence-electron chi connectivity index (χ0n) is 9.70. The van der Waals surface area contributed by atoms with Crippen LogP contribution in [-0.2, 0) is 10.2 Å². The molecule has 0 unspecified atom stereocenters. The highest BCUT2D eigenvalue weighted by molar-refractivity contribution is 6.50. The van der Waals surface area contributed by atoms with Gasteiger partial charge in [0.15, 0.2) is 0 Å². The molecule has 0 bridgehead atoms. The lowest BCUT2D eigenvalue weighted by Crippen LogP contribution is -2.18. The van der Waals surface area contributed by atoms with Crippen LogP contribution in [0.3, 0.4) is 0 Å². The standard InChI is InChI=1S/C14H14O2/c1-14(2,3)10-6-4-9-5-7-12(15)13(16)11(9)8-10/h4-8H,1-3H3. The van der Waals surface area contributed by atoms with Gasteiger partial charge in [-0.1, -0.05) is 39.0 Å². The van der Waals surface area contributed by atoms with Gasteiger partial charge < -0.3 is 0 Å². The summed E-state index contributed by atoms with van der Waals surface area (Å²) in [5, 5.41) is 0. The molecule has 16 heavy (non-hydrogen) atoms. The fraction of sp³-hybridized carbons (Fsp3) is 0.286. The van der Waals surface area contributed by atoms with Crippen molar-refractivity contribution in [3.63, 3.8) is 0 Å². The van der Waals surface area contributed by atoms with Gasteiger partial charge >= 0.3 is 0 Å². The van der Waals surface area contributed by atoms with Crippen molar-refractivity contribution in [3.8, 4) is 0 Å². The van der Waals surface area contributed by atoms with Gasteiger partial charge in [-0.05, 0) is 28.7 Å². The first-order valence-corrected chi connectivity index (χ1v) is 5.31. The number of allylic oxidation sites excluding steroid dienone is 1. The number of hydrogen-bond acceptors (Lipinski definition) is 2. The zero-order chi connectivity index (χ0) is 11.9. The quantitative estimate of drug-likeness (QED) is 0.622. The van der Waals surface area contributed by atoms with E-state index in [-0.39, 0.29) is 5.41 Å². The highest BCUT2D eigenvalue weighted by atomic mass is 16.2. The molecule has 0 radical (unpaired) electrons. The second kappa shape index (κ2) is 3.41. The Kier molecular flexibility index (Phi) is 2.30. The SMILES string of the molecule is CC(C)(C)c1ccc2c(c1)C(=O)C(=O)C=C2. The number of ketones is 2. The average Bonchev–Trinajstić information content (AvgIpc) is 2.22. The molecule has 0 atom stereocenters. The van der Waals surface area contributed by atoms with Gasteiger partial charge in [0.05, 0.1) is 0 Å². The van der Waals surface area contributed by atoms with E-state index in [9.17, 15) is 9.59 Å². The van der Waals surface area contributed by atoms with E-state index >= 15 is 0 Å². The summed E-state index contributed by atoms with van der Waals surface area (Å²) in [4.78, 5) is 23.0. The Hall–Kier alpha value is -1.70. The van der Waals surface area contributed by atoms with Crippen molar-refractivity contribution in [3.05, 3.63) is 41.0 Å². The zero-order valence-corrected chi connectivity index (χ0v) is 9.70. The number of hydrogen-bond donors (Lipinski definition) is 0.